The number of ether oxygens (including phenoxy) is 1. The minimum atomic E-state index is -0.0347. The van der Waals surface area contributed by atoms with Crippen molar-refractivity contribution in [3.63, 3.8) is 0 Å². The van der Waals surface area contributed by atoms with Crippen LogP contribution in [0.2, 0.25) is 0 Å². The number of aromatic nitrogens is 3. The van der Waals surface area contributed by atoms with Gasteiger partial charge in [-0.3, -0.25) is 5.43 Å². The van der Waals surface area contributed by atoms with Crippen molar-refractivity contribution in [2.45, 2.75) is 33.8 Å². The van der Waals surface area contributed by atoms with Gasteiger partial charge in [-0.1, -0.05) is 6.07 Å². The summed E-state index contributed by atoms with van der Waals surface area (Å²) in [5, 5.41) is 3.12. The van der Waals surface area contributed by atoms with Crippen molar-refractivity contribution >= 4 is 17.6 Å². The SMILES string of the molecule is Cc1ccc(Nc2nc(NN)nc(OC(C)C)n2)cc1C. The van der Waals surface area contributed by atoms with Crippen molar-refractivity contribution in [1.29, 1.82) is 0 Å². The standard InChI is InChI=1S/C14H20N6O/c1-8(2)21-14-18-12(17-13(19-14)20-15)16-11-6-5-9(3)10(4)7-11/h5-8H,15H2,1-4H3,(H2,16,17,18,19,20). The Bertz CT molecular complexity index is 629. The molecule has 0 saturated carbocycles. The van der Waals surface area contributed by atoms with E-state index in [0.717, 1.165) is 5.69 Å². The van der Waals surface area contributed by atoms with Gasteiger partial charge in [0.05, 0.1) is 6.10 Å². The van der Waals surface area contributed by atoms with Gasteiger partial charge in [0, 0.05) is 5.69 Å². The average Bonchev–Trinajstić information content (AvgIpc) is 2.42. The van der Waals surface area contributed by atoms with Gasteiger partial charge in [0.1, 0.15) is 0 Å². The summed E-state index contributed by atoms with van der Waals surface area (Å²) in [5.41, 5.74) is 5.71. The fourth-order valence-corrected chi connectivity index (χ4v) is 1.69. The van der Waals surface area contributed by atoms with Crippen molar-refractivity contribution in [3.05, 3.63) is 29.3 Å². The molecule has 112 valence electrons. The lowest BCUT2D eigenvalue weighted by Crippen LogP contribution is -2.15. The number of hydrogen-bond donors (Lipinski definition) is 3. The zero-order valence-corrected chi connectivity index (χ0v) is 12.6. The van der Waals surface area contributed by atoms with Crippen molar-refractivity contribution in [1.82, 2.24) is 15.0 Å². The first-order valence-corrected chi connectivity index (χ1v) is 6.71. The molecule has 2 aromatic rings. The maximum atomic E-state index is 5.48. The number of aryl methyl sites for hydroxylation is 2. The zero-order valence-electron chi connectivity index (χ0n) is 12.6. The normalized spacial score (nSPS) is 10.6. The molecule has 0 aliphatic rings. The van der Waals surface area contributed by atoms with Crippen LogP contribution in [0.5, 0.6) is 6.01 Å². The maximum absolute atomic E-state index is 5.48. The molecule has 0 radical (unpaired) electrons. The van der Waals surface area contributed by atoms with E-state index in [-0.39, 0.29) is 18.1 Å². The van der Waals surface area contributed by atoms with Gasteiger partial charge in [-0.05, 0) is 51.0 Å². The summed E-state index contributed by atoms with van der Waals surface area (Å²) < 4.78 is 5.48. The Morgan fingerprint density at radius 3 is 2.38 bits per heavy atom. The van der Waals surface area contributed by atoms with Crippen molar-refractivity contribution in [2.24, 2.45) is 5.84 Å². The third-order valence-corrected chi connectivity index (χ3v) is 2.85. The summed E-state index contributed by atoms with van der Waals surface area (Å²) in [5.74, 6) is 5.98. The lowest BCUT2D eigenvalue weighted by Gasteiger charge is -2.11. The predicted molar refractivity (Wildman–Crippen MR) is 82.6 cm³/mol. The van der Waals surface area contributed by atoms with Gasteiger partial charge >= 0.3 is 6.01 Å². The molecule has 0 aliphatic carbocycles. The predicted octanol–water partition coefficient (Wildman–Crippen LogP) is 2.30. The first kappa shape index (κ1) is 15.0. The van der Waals surface area contributed by atoms with Crippen LogP contribution in [0.1, 0.15) is 25.0 Å². The molecular formula is C14H20N6O. The third kappa shape index (κ3) is 4.03. The molecule has 1 aromatic heterocycles. The van der Waals surface area contributed by atoms with Gasteiger partial charge in [0.2, 0.25) is 11.9 Å². The molecule has 0 atom stereocenters. The minimum Gasteiger partial charge on any atom is -0.461 e. The number of rotatable bonds is 5. The van der Waals surface area contributed by atoms with Gasteiger partial charge in [-0.25, -0.2) is 5.84 Å². The first-order chi connectivity index (χ1) is 9.97. The number of hydrogen-bond acceptors (Lipinski definition) is 7. The molecule has 7 nitrogen and oxygen atoms in total. The van der Waals surface area contributed by atoms with Crippen LogP contribution in [0, 0.1) is 13.8 Å². The highest BCUT2D eigenvalue weighted by molar-refractivity contribution is 5.56. The van der Waals surface area contributed by atoms with E-state index >= 15 is 0 Å². The zero-order chi connectivity index (χ0) is 15.4. The fraction of sp³-hybridized carbons (Fsp3) is 0.357. The van der Waals surface area contributed by atoms with Crippen molar-refractivity contribution in [3.8, 4) is 6.01 Å². The largest absolute Gasteiger partial charge is 0.461 e. The molecule has 1 heterocycles. The number of hydrazine groups is 1. The number of benzene rings is 1. The molecule has 0 unspecified atom stereocenters. The molecule has 0 spiro atoms. The lowest BCUT2D eigenvalue weighted by atomic mass is 10.1. The fourth-order valence-electron chi connectivity index (χ4n) is 1.69. The van der Waals surface area contributed by atoms with Crippen LogP contribution in [-0.4, -0.2) is 21.1 Å². The highest BCUT2D eigenvalue weighted by atomic mass is 16.5. The molecule has 4 N–H and O–H groups in total. The Kier molecular flexibility index (Phi) is 4.54. The Morgan fingerprint density at radius 1 is 1.05 bits per heavy atom. The number of nitrogens with two attached hydrogens (primary N) is 1. The summed E-state index contributed by atoms with van der Waals surface area (Å²) in [6.45, 7) is 7.91. The number of anilines is 3. The highest BCUT2D eigenvalue weighted by Gasteiger charge is 2.09. The smallest absolute Gasteiger partial charge is 0.323 e. The van der Waals surface area contributed by atoms with Crippen LogP contribution in [0.4, 0.5) is 17.6 Å². The second kappa shape index (κ2) is 6.36. The Hall–Kier alpha value is -2.41. The topological polar surface area (TPSA) is 98.0 Å². The quantitative estimate of drug-likeness (QED) is 0.573. The van der Waals surface area contributed by atoms with Gasteiger partial charge in [0.15, 0.2) is 0 Å². The summed E-state index contributed by atoms with van der Waals surface area (Å²) >= 11 is 0. The molecule has 0 saturated heterocycles. The highest BCUT2D eigenvalue weighted by Crippen LogP contribution is 2.19. The third-order valence-electron chi connectivity index (χ3n) is 2.85. The van der Waals surface area contributed by atoms with Crippen LogP contribution in [-0.2, 0) is 0 Å². The van der Waals surface area contributed by atoms with Gasteiger partial charge < -0.3 is 10.1 Å². The van der Waals surface area contributed by atoms with E-state index in [0.29, 0.717) is 5.95 Å². The number of nitrogens with zero attached hydrogens (tertiary/aromatic N) is 3. The van der Waals surface area contributed by atoms with Crippen molar-refractivity contribution < 1.29 is 4.74 Å². The summed E-state index contributed by atoms with van der Waals surface area (Å²) in [4.78, 5) is 12.4. The summed E-state index contributed by atoms with van der Waals surface area (Å²) in [7, 11) is 0. The van der Waals surface area contributed by atoms with E-state index < -0.39 is 0 Å². The van der Waals surface area contributed by atoms with Crippen LogP contribution < -0.4 is 21.3 Å². The molecule has 1 aromatic carbocycles. The van der Waals surface area contributed by atoms with E-state index in [1.807, 2.05) is 39.0 Å². The van der Waals surface area contributed by atoms with Gasteiger partial charge in [-0.2, -0.15) is 15.0 Å². The molecule has 7 heteroatoms. The monoisotopic (exact) mass is 288 g/mol. The minimum absolute atomic E-state index is 0.0347. The Balaban J connectivity index is 2.27. The molecule has 21 heavy (non-hydrogen) atoms. The van der Waals surface area contributed by atoms with Crippen molar-refractivity contribution in [2.75, 3.05) is 10.7 Å². The summed E-state index contributed by atoms with van der Waals surface area (Å²) in [6.07, 6.45) is -0.0347. The number of nitrogen functional groups attached to an aromatic ring is 1. The van der Waals surface area contributed by atoms with Gasteiger partial charge in [0.25, 0.3) is 0 Å². The molecule has 2 rings (SSSR count). The van der Waals surface area contributed by atoms with E-state index in [1.165, 1.54) is 11.1 Å². The summed E-state index contributed by atoms with van der Waals surface area (Å²) in [6, 6.07) is 6.24. The van der Waals surface area contributed by atoms with E-state index in [9.17, 15) is 0 Å². The lowest BCUT2D eigenvalue weighted by molar-refractivity contribution is 0.222. The number of nitrogens with one attached hydrogen (secondary N) is 2. The first-order valence-electron chi connectivity index (χ1n) is 6.71. The Morgan fingerprint density at radius 2 is 1.76 bits per heavy atom. The average molecular weight is 288 g/mol. The maximum Gasteiger partial charge on any atom is 0.323 e. The second-order valence-corrected chi connectivity index (χ2v) is 5.00. The van der Waals surface area contributed by atoms with Crippen LogP contribution in [0.15, 0.2) is 18.2 Å². The molecule has 0 fully saturated rings. The van der Waals surface area contributed by atoms with E-state index in [1.54, 1.807) is 0 Å². The van der Waals surface area contributed by atoms with E-state index in [4.69, 9.17) is 10.6 Å². The Labute approximate surface area is 123 Å². The van der Waals surface area contributed by atoms with Crippen LogP contribution >= 0.6 is 0 Å². The van der Waals surface area contributed by atoms with Crippen LogP contribution in [0.3, 0.4) is 0 Å². The van der Waals surface area contributed by atoms with Gasteiger partial charge in [-0.15, -0.1) is 0 Å². The second-order valence-electron chi connectivity index (χ2n) is 5.00. The van der Waals surface area contributed by atoms with E-state index in [2.05, 4.69) is 32.6 Å². The molecule has 0 bridgehead atoms. The molecule has 0 aliphatic heterocycles. The molecule has 0 amide bonds. The molecular weight excluding hydrogens is 268 g/mol. The van der Waals surface area contributed by atoms with Crippen LogP contribution in [0.25, 0.3) is 0 Å².